The fourth-order valence-corrected chi connectivity index (χ4v) is 2.37. The number of hydrogen-bond donors (Lipinski definition) is 0. The minimum atomic E-state index is -0.490. The van der Waals surface area contributed by atoms with Crippen molar-refractivity contribution in [3.05, 3.63) is 75.7 Å². The van der Waals surface area contributed by atoms with Gasteiger partial charge in [0.1, 0.15) is 0 Å². The van der Waals surface area contributed by atoms with Gasteiger partial charge in [-0.1, -0.05) is 26.0 Å². The lowest BCUT2D eigenvalue weighted by Gasteiger charge is -2.06. The van der Waals surface area contributed by atoms with Gasteiger partial charge in [-0.25, -0.2) is 4.79 Å². The van der Waals surface area contributed by atoms with Gasteiger partial charge in [0.25, 0.3) is 11.6 Å². The maximum Gasteiger partial charge on any atom is 0.338 e. The lowest BCUT2D eigenvalue weighted by atomic mass is 10.0. The number of esters is 1. The molecule has 0 aliphatic heterocycles. The second-order valence-electron chi connectivity index (χ2n) is 6.16. The van der Waals surface area contributed by atoms with Crippen LogP contribution in [0.4, 0.5) is 5.69 Å². The molecule has 0 aliphatic carbocycles. The number of hydrogen-bond acceptors (Lipinski definition) is 7. The summed E-state index contributed by atoms with van der Waals surface area (Å²) in [5.74, 6) is 0.222. The Kier molecular flexibility index (Phi) is 5.25. The molecule has 0 atom stereocenters. The van der Waals surface area contributed by atoms with Crippen molar-refractivity contribution in [3.63, 3.8) is 0 Å². The molecule has 8 nitrogen and oxygen atoms in total. The van der Waals surface area contributed by atoms with E-state index in [4.69, 9.17) is 9.15 Å². The number of aromatic nitrogens is 2. The quantitative estimate of drug-likeness (QED) is 0.366. The van der Waals surface area contributed by atoms with E-state index in [0.29, 0.717) is 17.0 Å². The number of carbonyl (C=O) groups excluding carboxylic acids is 1. The largest absolute Gasteiger partial charge is 0.452 e. The van der Waals surface area contributed by atoms with Crippen LogP contribution >= 0.6 is 0 Å². The normalized spacial score (nSPS) is 10.8. The van der Waals surface area contributed by atoms with E-state index in [9.17, 15) is 14.9 Å². The molecular formula is C19H17N3O5. The maximum atomic E-state index is 12.1. The van der Waals surface area contributed by atoms with E-state index in [2.05, 4.69) is 24.0 Å². The first-order chi connectivity index (χ1) is 12.9. The predicted octanol–water partition coefficient (Wildman–Crippen LogP) is 4.13. The molecule has 2 aromatic carbocycles. The molecule has 1 aromatic heterocycles. The molecule has 138 valence electrons. The Hall–Kier alpha value is -3.55. The summed E-state index contributed by atoms with van der Waals surface area (Å²) in [4.78, 5) is 22.3. The van der Waals surface area contributed by atoms with Crippen LogP contribution in [-0.4, -0.2) is 21.1 Å². The summed E-state index contributed by atoms with van der Waals surface area (Å²) in [6.45, 7) is 3.99. The van der Waals surface area contributed by atoms with Gasteiger partial charge < -0.3 is 9.15 Å². The van der Waals surface area contributed by atoms with Crippen molar-refractivity contribution in [2.24, 2.45) is 0 Å². The fraction of sp³-hybridized carbons (Fsp3) is 0.211. The summed E-state index contributed by atoms with van der Waals surface area (Å²) >= 11 is 0. The van der Waals surface area contributed by atoms with Crippen LogP contribution in [0.3, 0.4) is 0 Å². The highest BCUT2D eigenvalue weighted by atomic mass is 16.6. The van der Waals surface area contributed by atoms with Crippen LogP contribution in [0.2, 0.25) is 0 Å². The molecule has 0 bridgehead atoms. The zero-order valence-corrected chi connectivity index (χ0v) is 14.8. The number of non-ortho nitro benzene ring substituents is 1. The SMILES string of the molecule is CC(C)c1ccc(C(=O)OCc2nnc(-c3ccc([N+](=O)[O-])cc3)o2)cc1. The third kappa shape index (κ3) is 4.35. The second-order valence-corrected chi connectivity index (χ2v) is 6.16. The van der Waals surface area contributed by atoms with Crippen molar-refractivity contribution < 1.29 is 18.9 Å². The lowest BCUT2D eigenvalue weighted by molar-refractivity contribution is -0.384. The zero-order chi connectivity index (χ0) is 19.4. The Morgan fingerprint density at radius 2 is 1.78 bits per heavy atom. The van der Waals surface area contributed by atoms with Gasteiger partial charge >= 0.3 is 5.97 Å². The highest BCUT2D eigenvalue weighted by molar-refractivity contribution is 5.89. The number of nitro benzene ring substituents is 1. The van der Waals surface area contributed by atoms with Crippen molar-refractivity contribution in [2.75, 3.05) is 0 Å². The van der Waals surface area contributed by atoms with Crippen LogP contribution < -0.4 is 0 Å². The van der Waals surface area contributed by atoms with Crippen molar-refractivity contribution in [1.29, 1.82) is 0 Å². The van der Waals surface area contributed by atoms with Gasteiger partial charge in [-0.3, -0.25) is 10.1 Å². The van der Waals surface area contributed by atoms with Crippen molar-refractivity contribution >= 4 is 11.7 Å². The third-order valence-electron chi connectivity index (χ3n) is 3.93. The van der Waals surface area contributed by atoms with Crippen LogP contribution in [-0.2, 0) is 11.3 Å². The van der Waals surface area contributed by atoms with Crippen LogP contribution in [0.5, 0.6) is 0 Å². The molecule has 0 spiro atoms. The Labute approximate surface area is 155 Å². The monoisotopic (exact) mass is 367 g/mol. The van der Waals surface area contributed by atoms with Crippen LogP contribution in [0, 0.1) is 10.1 Å². The fourth-order valence-electron chi connectivity index (χ4n) is 2.37. The Morgan fingerprint density at radius 3 is 2.37 bits per heavy atom. The molecule has 0 fully saturated rings. The molecule has 0 aliphatic rings. The van der Waals surface area contributed by atoms with Gasteiger partial charge in [-0.2, -0.15) is 0 Å². The summed E-state index contributed by atoms with van der Waals surface area (Å²) in [6.07, 6.45) is 0. The Bertz CT molecular complexity index is 946. The summed E-state index contributed by atoms with van der Waals surface area (Å²) in [6, 6.07) is 12.9. The molecule has 0 N–H and O–H groups in total. The minimum absolute atomic E-state index is 0.0316. The van der Waals surface area contributed by atoms with E-state index < -0.39 is 10.9 Å². The topological polar surface area (TPSA) is 108 Å². The molecule has 0 unspecified atom stereocenters. The maximum absolute atomic E-state index is 12.1. The van der Waals surface area contributed by atoms with Gasteiger partial charge in [0.05, 0.1) is 10.5 Å². The van der Waals surface area contributed by atoms with Gasteiger partial charge in [0.2, 0.25) is 5.89 Å². The summed E-state index contributed by atoms with van der Waals surface area (Å²) in [7, 11) is 0. The second kappa shape index (κ2) is 7.77. The summed E-state index contributed by atoms with van der Waals surface area (Å²) < 4.78 is 10.6. The molecule has 0 saturated heterocycles. The summed E-state index contributed by atoms with van der Waals surface area (Å²) in [5.41, 5.74) is 2.08. The van der Waals surface area contributed by atoms with E-state index in [-0.39, 0.29) is 24.1 Å². The van der Waals surface area contributed by atoms with Crippen LogP contribution in [0.25, 0.3) is 11.5 Å². The van der Waals surface area contributed by atoms with Crippen molar-refractivity contribution in [2.45, 2.75) is 26.4 Å². The number of carbonyl (C=O) groups is 1. The standard InChI is InChI=1S/C19H17N3O5/c1-12(2)13-3-5-15(6-4-13)19(23)26-11-17-20-21-18(27-17)14-7-9-16(10-8-14)22(24)25/h3-10,12H,11H2,1-2H3. The molecule has 27 heavy (non-hydrogen) atoms. The first kappa shape index (κ1) is 18.2. The highest BCUT2D eigenvalue weighted by Crippen LogP contribution is 2.21. The Morgan fingerprint density at radius 1 is 1.11 bits per heavy atom. The van der Waals surface area contributed by atoms with Crippen LogP contribution in [0.1, 0.15) is 41.6 Å². The molecule has 3 rings (SSSR count). The first-order valence-electron chi connectivity index (χ1n) is 8.28. The van der Waals surface area contributed by atoms with Gasteiger partial charge in [0.15, 0.2) is 6.61 Å². The molecule has 1 heterocycles. The number of benzene rings is 2. The number of rotatable bonds is 6. The molecule has 0 radical (unpaired) electrons. The third-order valence-corrected chi connectivity index (χ3v) is 3.93. The molecule has 0 saturated carbocycles. The van der Waals surface area contributed by atoms with E-state index in [1.807, 2.05) is 12.1 Å². The number of ether oxygens (including phenoxy) is 1. The minimum Gasteiger partial charge on any atom is -0.452 e. The van der Waals surface area contributed by atoms with Gasteiger partial charge in [-0.15, -0.1) is 10.2 Å². The highest BCUT2D eigenvalue weighted by Gasteiger charge is 2.14. The van der Waals surface area contributed by atoms with Gasteiger partial charge in [-0.05, 0) is 35.7 Å². The molecular weight excluding hydrogens is 350 g/mol. The zero-order valence-electron chi connectivity index (χ0n) is 14.8. The number of nitrogens with zero attached hydrogens (tertiary/aromatic N) is 3. The summed E-state index contributed by atoms with van der Waals surface area (Å²) in [5, 5.41) is 18.4. The Balaban J connectivity index is 1.62. The average Bonchev–Trinajstić information content (AvgIpc) is 3.15. The predicted molar refractivity (Wildman–Crippen MR) is 96.0 cm³/mol. The molecule has 8 heteroatoms. The van der Waals surface area contributed by atoms with E-state index in [0.717, 1.165) is 5.56 Å². The van der Waals surface area contributed by atoms with Gasteiger partial charge in [0, 0.05) is 17.7 Å². The van der Waals surface area contributed by atoms with Crippen LogP contribution in [0.15, 0.2) is 52.9 Å². The van der Waals surface area contributed by atoms with Crippen molar-refractivity contribution in [1.82, 2.24) is 10.2 Å². The van der Waals surface area contributed by atoms with E-state index in [1.54, 1.807) is 12.1 Å². The number of nitro groups is 1. The molecule has 3 aromatic rings. The average molecular weight is 367 g/mol. The van der Waals surface area contributed by atoms with Crippen molar-refractivity contribution in [3.8, 4) is 11.5 Å². The smallest absolute Gasteiger partial charge is 0.338 e. The lowest BCUT2D eigenvalue weighted by Crippen LogP contribution is -2.05. The first-order valence-corrected chi connectivity index (χ1v) is 8.28. The molecule has 0 amide bonds. The van der Waals surface area contributed by atoms with E-state index >= 15 is 0 Å². The van der Waals surface area contributed by atoms with E-state index in [1.165, 1.54) is 24.3 Å².